The highest BCUT2D eigenvalue weighted by molar-refractivity contribution is 5.89. The highest BCUT2D eigenvalue weighted by Crippen LogP contribution is 2.25. The van der Waals surface area contributed by atoms with Gasteiger partial charge in [0.25, 0.3) is 0 Å². The van der Waals surface area contributed by atoms with Crippen molar-refractivity contribution in [1.29, 1.82) is 0 Å². The fourth-order valence-corrected chi connectivity index (χ4v) is 2.18. The number of anilines is 1. The summed E-state index contributed by atoms with van der Waals surface area (Å²) >= 11 is 0. The second-order valence-electron chi connectivity index (χ2n) is 4.83. The highest BCUT2D eigenvalue weighted by atomic mass is 16.3. The molecular formula is C14H21N3O2. The van der Waals surface area contributed by atoms with Crippen molar-refractivity contribution < 1.29 is 9.90 Å². The summed E-state index contributed by atoms with van der Waals surface area (Å²) in [5, 5.41) is 11.9. The van der Waals surface area contributed by atoms with E-state index < -0.39 is 0 Å². The first kappa shape index (κ1) is 13.8. The van der Waals surface area contributed by atoms with E-state index in [9.17, 15) is 4.79 Å². The van der Waals surface area contributed by atoms with Crippen LogP contribution in [0.3, 0.4) is 0 Å². The van der Waals surface area contributed by atoms with Gasteiger partial charge in [0.1, 0.15) is 0 Å². The Bertz CT molecular complexity index is 415. The van der Waals surface area contributed by atoms with Crippen LogP contribution in [-0.4, -0.2) is 35.2 Å². The Balaban J connectivity index is 1.96. The van der Waals surface area contributed by atoms with Gasteiger partial charge < -0.3 is 21.1 Å². The number of benzene rings is 1. The van der Waals surface area contributed by atoms with Gasteiger partial charge >= 0.3 is 6.03 Å². The molecule has 0 unspecified atom stereocenters. The quantitative estimate of drug-likeness (QED) is 0.753. The van der Waals surface area contributed by atoms with E-state index in [-0.39, 0.29) is 18.7 Å². The molecule has 19 heavy (non-hydrogen) atoms. The van der Waals surface area contributed by atoms with Crippen LogP contribution in [0.25, 0.3) is 0 Å². The lowest BCUT2D eigenvalue weighted by molar-refractivity contribution is 0.127. The second kappa shape index (κ2) is 6.54. The largest absolute Gasteiger partial charge is 0.395 e. The molecule has 0 heterocycles. The van der Waals surface area contributed by atoms with E-state index in [4.69, 9.17) is 10.8 Å². The van der Waals surface area contributed by atoms with E-state index in [2.05, 4.69) is 5.32 Å². The smallest absolute Gasteiger partial charge is 0.322 e. The molecule has 0 atom stereocenters. The molecule has 1 aliphatic carbocycles. The summed E-state index contributed by atoms with van der Waals surface area (Å²) in [7, 11) is 0. The Morgan fingerprint density at radius 2 is 2.05 bits per heavy atom. The molecule has 5 heteroatoms. The number of carbonyl (C=O) groups is 1. The monoisotopic (exact) mass is 263 g/mol. The highest BCUT2D eigenvalue weighted by Gasteiger charge is 2.28. The van der Waals surface area contributed by atoms with E-state index in [0.29, 0.717) is 13.1 Å². The number of nitrogens with two attached hydrogens (primary N) is 1. The summed E-state index contributed by atoms with van der Waals surface area (Å²) in [4.78, 5) is 13.9. The maximum Gasteiger partial charge on any atom is 0.322 e. The van der Waals surface area contributed by atoms with Crippen molar-refractivity contribution in [2.75, 3.05) is 18.5 Å². The summed E-state index contributed by atoms with van der Waals surface area (Å²) in [6.07, 6.45) is 3.21. The normalized spacial score (nSPS) is 14.8. The number of aliphatic hydroxyl groups is 1. The van der Waals surface area contributed by atoms with Crippen LogP contribution in [0.15, 0.2) is 24.3 Å². The minimum atomic E-state index is -0.140. The zero-order chi connectivity index (χ0) is 13.7. The average molecular weight is 263 g/mol. The van der Waals surface area contributed by atoms with Gasteiger partial charge in [0.2, 0.25) is 0 Å². The lowest BCUT2D eigenvalue weighted by Crippen LogP contribution is -2.47. The molecular weight excluding hydrogens is 242 g/mol. The summed E-state index contributed by atoms with van der Waals surface area (Å²) in [5.74, 6) is 0. The van der Waals surface area contributed by atoms with Crippen LogP contribution in [-0.2, 0) is 6.54 Å². The van der Waals surface area contributed by atoms with Gasteiger partial charge in [-0.3, -0.25) is 0 Å². The van der Waals surface area contributed by atoms with Gasteiger partial charge in [-0.25, -0.2) is 4.79 Å². The minimum absolute atomic E-state index is 0.00394. The number of amides is 2. The SMILES string of the molecule is NCc1ccc(NC(=O)N(CCO)C2CCC2)cc1. The van der Waals surface area contributed by atoms with Crippen LogP contribution in [0.4, 0.5) is 10.5 Å². The van der Waals surface area contributed by atoms with Crippen molar-refractivity contribution in [3.8, 4) is 0 Å². The molecule has 1 aliphatic rings. The number of hydrogen-bond acceptors (Lipinski definition) is 3. The Morgan fingerprint density at radius 3 is 2.53 bits per heavy atom. The maximum absolute atomic E-state index is 12.2. The first-order chi connectivity index (χ1) is 9.24. The van der Waals surface area contributed by atoms with Crippen molar-refractivity contribution in [3.05, 3.63) is 29.8 Å². The first-order valence-corrected chi connectivity index (χ1v) is 6.72. The van der Waals surface area contributed by atoms with Gasteiger partial charge in [0.05, 0.1) is 6.61 Å². The fourth-order valence-electron chi connectivity index (χ4n) is 2.18. The van der Waals surface area contributed by atoms with Crippen LogP contribution in [0, 0.1) is 0 Å². The van der Waals surface area contributed by atoms with Gasteiger partial charge in [0.15, 0.2) is 0 Å². The Morgan fingerprint density at radius 1 is 1.37 bits per heavy atom. The molecule has 0 aliphatic heterocycles. The van der Waals surface area contributed by atoms with Crippen LogP contribution < -0.4 is 11.1 Å². The molecule has 1 aromatic carbocycles. The zero-order valence-corrected chi connectivity index (χ0v) is 11.0. The number of urea groups is 1. The van der Waals surface area contributed by atoms with Crippen molar-refractivity contribution >= 4 is 11.7 Å². The molecule has 104 valence electrons. The predicted molar refractivity (Wildman–Crippen MR) is 74.8 cm³/mol. The van der Waals surface area contributed by atoms with Crippen LogP contribution >= 0.6 is 0 Å². The van der Waals surface area contributed by atoms with Crippen LogP contribution in [0.2, 0.25) is 0 Å². The number of aliphatic hydroxyl groups excluding tert-OH is 1. The van der Waals surface area contributed by atoms with Gasteiger partial charge in [-0.2, -0.15) is 0 Å². The first-order valence-electron chi connectivity index (χ1n) is 6.72. The predicted octanol–water partition coefficient (Wildman–Crippen LogP) is 1.52. The molecule has 0 saturated heterocycles. The summed E-state index contributed by atoms with van der Waals surface area (Å²) in [6, 6.07) is 7.62. The molecule has 1 aromatic rings. The van der Waals surface area contributed by atoms with Crippen LogP contribution in [0.5, 0.6) is 0 Å². The molecule has 0 aromatic heterocycles. The van der Waals surface area contributed by atoms with E-state index in [1.807, 2.05) is 24.3 Å². The maximum atomic E-state index is 12.2. The van der Waals surface area contributed by atoms with Gasteiger partial charge in [-0.05, 0) is 37.0 Å². The molecule has 1 fully saturated rings. The Labute approximate surface area is 113 Å². The molecule has 0 radical (unpaired) electrons. The van der Waals surface area contributed by atoms with E-state index in [1.165, 1.54) is 0 Å². The topological polar surface area (TPSA) is 78.6 Å². The number of rotatable bonds is 5. The number of carbonyl (C=O) groups excluding carboxylic acids is 1. The second-order valence-corrected chi connectivity index (χ2v) is 4.83. The van der Waals surface area contributed by atoms with Gasteiger partial charge in [-0.1, -0.05) is 12.1 Å². The Hall–Kier alpha value is -1.59. The minimum Gasteiger partial charge on any atom is -0.395 e. The van der Waals surface area contributed by atoms with Gasteiger partial charge in [-0.15, -0.1) is 0 Å². The van der Waals surface area contributed by atoms with Crippen molar-refractivity contribution in [2.45, 2.75) is 31.8 Å². The lowest BCUT2D eigenvalue weighted by atomic mass is 9.92. The zero-order valence-electron chi connectivity index (χ0n) is 11.0. The van der Waals surface area contributed by atoms with E-state index in [1.54, 1.807) is 4.90 Å². The van der Waals surface area contributed by atoms with E-state index >= 15 is 0 Å². The third-order valence-corrected chi connectivity index (χ3v) is 3.56. The number of nitrogens with zero attached hydrogens (tertiary/aromatic N) is 1. The molecule has 5 nitrogen and oxygen atoms in total. The standard InChI is InChI=1S/C14H21N3O2/c15-10-11-4-6-12(7-5-11)16-14(19)17(8-9-18)13-2-1-3-13/h4-7,13,18H,1-3,8-10,15H2,(H,16,19). The summed E-state index contributed by atoms with van der Waals surface area (Å²) < 4.78 is 0. The molecule has 2 rings (SSSR count). The summed E-state index contributed by atoms with van der Waals surface area (Å²) in [5.41, 5.74) is 7.32. The molecule has 2 amide bonds. The molecule has 0 bridgehead atoms. The van der Waals surface area contributed by atoms with Gasteiger partial charge in [0, 0.05) is 24.8 Å². The van der Waals surface area contributed by atoms with Crippen molar-refractivity contribution in [2.24, 2.45) is 5.73 Å². The Kier molecular flexibility index (Phi) is 4.76. The molecule has 0 spiro atoms. The lowest BCUT2D eigenvalue weighted by Gasteiger charge is -2.37. The summed E-state index contributed by atoms with van der Waals surface area (Å²) in [6.45, 7) is 0.875. The third kappa shape index (κ3) is 3.45. The molecule has 1 saturated carbocycles. The molecule has 4 N–H and O–H groups in total. The van der Waals surface area contributed by atoms with Crippen molar-refractivity contribution in [1.82, 2.24) is 4.90 Å². The average Bonchev–Trinajstić information content (AvgIpc) is 2.37. The number of nitrogens with one attached hydrogen (secondary N) is 1. The van der Waals surface area contributed by atoms with Crippen LogP contribution in [0.1, 0.15) is 24.8 Å². The third-order valence-electron chi connectivity index (χ3n) is 3.56. The van der Waals surface area contributed by atoms with E-state index in [0.717, 1.165) is 30.5 Å². The van der Waals surface area contributed by atoms with Crippen molar-refractivity contribution in [3.63, 3.8) is 0 Å². The number of hydrogen-bond donors (Lipinski definition) is 3. The fraction of sp³-hybridized carbons (Fsp3) is 0.500.